The minimum absolute atomic E-state index is 0.0397. The standard InChI is InChI=1S/C21H25BO4S/c1-20(2)21(3,4)26-22(25-20)18(14-19(23)24)15-10-12-17(13-11-15)27-16-8-6-5-7-9-16/h5-13,18H,14H2,1-4H3,(H,23,24). The second-order valence-electron chi connectivity index (χ2n) is 7.81. The lowest BCUT2D eigenvalue weighted by molar-refractivity contribution is -0.137. The van der Waals surface area contributed by atoms with E-state index in [1.165, 1.54) is 4.90 Å². The largest absolute Gasteiger partial charge is 0.481 e. The van der Waals surface area contributed by atoms with Crippen molar-refractivity contribution < 1.29 is 19.2 Å². The van der Waals surface area contributed by atoms with Crippen molar-refractivity contribution in [1.29, 1.82) is 0 Å². The van der Waals surface area contributed by atoms with Gasteiger partial charge >= 0.3 is 13.1 Å². The number of carboxylic acids is 1. The molecule has 0 bridgehead atoms. The predicted octanol–water partition coefficient (Wildman–Crippen LogP) is 5.03. The number of carboxylic acid groups (broad SMARTS) is 1. The third kappa shape index (κ3) is 4.57. The molecule has 0 saturated carbocycles. The molecule has 3 rings (SSSR count). The number of rotatable bonds is 6. The maximum atomic E-state index is 11.5. The van der Waals surface area contributed by atoms with E-state index in [1.54, 1.807) is 11.8 Å². The van der Waals surface area contributed by atoms with E-state index in [4.69, 9.17) is 9.31 Å². The molecule has 1 saturated heterocycles. The normalized spacial score (nSPS) is 19.0. The molecule has 2 aromatic rings. The van der Waals surface area contributed by atoms with Crippen molar-refractivity contribution in [2.75, 3.05) is 0 Å². The fraction of sp³-hybridized carbons (Fsp3) is 0.381. The van der Waals surface area contributed by atoms with Crippen molar-refractivity contribution in [3.05, 3.63) is 60.2 Å². The fourth-order valence-electron chi connectivity index (χ4n) is 3.02. The smallest absolute Gasteiger partial charge is 0.466 e. The number of carbonyl (C=O) groups is 1. The lowest BCUT2D eigenvalue weighted by atomic mass is 9.66. The van der Waals surface area contributed by atoms with Crippen molar-refractivity contribution in [1.82, 2.24) is 0 Å². The number of hydrogen-bond donors (Lipinski definition) is 1. The quantitative estimate of drug-likeness (QED) is 0.708. The molecule has 0 amide bonds. The van der Waals surface area contributed by atoms with Crippen molar-refractivity contribution in [3.8, 4) is 0 Å². The summed E-state index contributed by atoms with van der Waals surface area (Å²) in [6, 6.07) is 18.1. The van der Waals surface area contributed by atoms with Gasteiger partial charge in [0.1, 0.15) is 0 Å². The first-order valence-electron chi connectivity index (χ1n) is 9.08. The van der Waals surface area contributed by atoms with Crippen LogP contribution in [0.3, 0.4) is 0 Å². The molecule has 0 radical (unpaired) electrons. The van der Waals surface area contributed by atoms with Gasteiger partial charge in [0.2, 0.25) is 0 Å². The molecule has 1 N–H and O–H groups in total. The molecule has 0 spiro atoms. The predicted molar refractivity (Wildman–Crippen MR) is 108 cm³/mol. The molecule has 2 aromatic carbocycles. The van der Waals surface area contributed by atoms with Crippen LogP contribution in [-0.4, -0.2) is 29.4 Å². The van der Waals surface area contributed by atoms with Crippen molar-refractivity contribution in [2.24, 2.45) is 0 Å². The Labute approximate surface area is 165 Å². The molecule has 142 valence electrons. The number of aliphatic carboxylic acids is 1. The molecule has 1 atom stereocenters. The minimum Gasteiger partial charge on any atom is -0.481 e. The van der Waals surface area contributed by atoms with E-state index in [0.29, 0.717) is 0 Å². The Bertz CT molecular complexity index is 774. The van der Waals surface area contributed by atoms with E-state index in [0.717, 1.165) is 10.5 Å². The van der Waals surface area contributed by atoms with Crippen molar-refractivity contribution in [2.45, 2.75) is 60.9 Å². The first-order chi connectivity index (χ1) is 12.7. The summed E-state index contributed by atoms with van der Waals surface area (Å²) in [5, 5.41) is 9.40. The molecule has 1 heterocycles. The third-order valence-corrected chi connectivity index (χ3v) is 6.30. The van der Waals surface area contributed by atoms with Crippen LogP contribution in [-0.2, 0) is 14.1 Å². The average Bonchev–Trinajstić information content (AvgIpc) is 2.82. The molecule has 0 aliphatic carbocycles. The Morgan fingerprint density at radius 1 is 0.963 bits per heavy atom. The molecular weight excluding hydrogens is 359 g/mol. The summed E-state index contributed by atoms with van der Waals surface area (Å²) in [7, 11) is -0.585. The van der Waals surface area contributed by atoms with E-state index >= 15 is 0 Å². The van der Waals surface area contributed by atoms with Crippen LogP contribution in [0, 0.1) is 0 Å². The van der Waals surface area contributed by atoms with Crippen LogP contribution in [0.15, 0.2) is 64.4 Å². The number of benzene rings is 2. The highest BCUT2D eigenvalue weighted by atomic mass is 32.2. The maximum Gasteiger partial charge on any atom is 0.466 e. The van der Waals surface area contributed by atoms with Gasteiger partial charge in [-0.15, -0.1) is 0 Å². The second kappa shape index (κ2) is 7.70. The van der Waals surface area contributed by atoms with Gasteiger partial charge in [-0.1, -0.05) is 42.1 Å². The van der Waals surface area contributed by atoms with Crippen LogP contribution in [0.1, 0.15) is 45.5 Å². The van der Waals surface area contributed by atoms with Crippen LogP contribution in [0.25, 0.3) is 0 Å². The summed E-state index contributed by atoms with van der Waals surface area (Å²) in [5.74, 6) is -1.23. The molecule has 4 nitrogen and oxygen atoms in total. The Hall–Kier alpha value is -1.76. The van der Waals surface area contributed by atoms with E-state index < -0.39 is 24.3 Å². The van der Waals surface area contributed by atoms with Gasteiger partial charge in [0.15, 0.2) is 0 Å². The maximum absolute atomic E-state index is 11.5. The first-order valence-corrected chi connectivity index (χ1v) is 9.90. The summed E-state index contributed by atoms with van der Waals surface area (Å²) in [4.78, 5) is 13.7. The summed E-state index contributed by atoms with van der Waals surface area (Å²) in [6.45, 7) is 7.91. The summed E-state index contributed by atoms with van der Waals surface area (Å²) < 4.78 is 12.2. The Balaban J connectivity index is 1.80. The zero-order valence-electron chi connectivity index (χ0n) is 16.1. The Morgan fingerprint density at radius 2 is 1.48 bits per heavy atom. The van der Waals surface area contributed by atoms with Gasteiger partial charge < -0.3 is 14.4 Å². The fourth-order valence-corrected chi connectivity index (χ4v) is 3.86. The molecule has 1 aliphatic rings. The average molecular weight is 384 g/mol. The van der Waals surface area contributed by atoms with Gasteiger partial charge in [0.05, 0.1) is 17.6 Å². The highest BCUT2D eigenvalue weighted by Gasteiger charge is 2.54. The summed E-state index contributed by atoms with van der Waals surface area (Å²) in [5.41, 5.74) is -0.0667. The summed E-state index contributed by atoms with van der Waals surface area (Å²) in [6.07, 6.45) is -0.0397. The van der Waals surface area contributed by atoms with Gasteiger partial charge in [-0.2, -0.15) is 0 Å². The van der Waals surface area contributed by atoms with Crippen LogP contribution in [0.5, 0.6) is 0 Å². The molecule has 27 heavy (non-hydrogen) atoms. The second-order valence-corrected chi connectivity index (χ2v) is 8.96. The monoisotopic (exact) mass is 384 g/mol. The zero-order chi connectivity index (χ0) is 19.7. The molecule has 1 aliphatic heterocycles. The summed E-state index contributed by atoms with van der Waals surface area (Å²) >= 11 is 1.67. The van der Waals surface area contributed by atoms with E-state index in [1.807, 2.05) is 70.2 Å². The SMILES string of the molecule is CC1(C)OB(C(CC(=O)O)c2ccc(Sc3ccccc3)cc2)OC1(C)C. The third-order valence-electron chi connectivity index (χ3n) is 5.28. The molecule has 6 heteroatoms. The Kier molecular flexibility index (Phi) is 5.70. The van der Waals surface area contributed by atoms with E-state index in [9.17, 15) is 9.90 Å². The lowest BCUT2D eigenvalue weighted by Crippen LogP contribution is -2.41. The lowest BCUT2D eigenvalue weighted by Gasteiger charge is -2.32. The zero-order valence-corrected chi connectivity index (χ0v) is 17.0. The van der Waals surface area contributed by atoms with Gasteiger partial charge in [0, 0.05) is 15.6 Å². The molecule has 0 aromatic heterocycles. The van der Waals surface area contributed by atoms with Gasteiger partial charge in [-0.05, 0) is 57.5 Å². The Morgan fingerprint density at radius 3 is 2.00 bits per heavy atom. The molecular formula is C21H25BO4S. The molecule has 1 fully saturated rings. The van der Waals surface area contributed by atoms with E-state index in [-0.39, 0.29) is 12.2 Å². The highest BCUT2D eigenvalue weighted by molar-refractivity contribution is 7.99. The highest BCUT2D eigenvalue weighted by Crippen LogP contribution is 2.42. The van der Waals surface area contributed by atoms with Crippen molar-refractivity contribution in [3.63, 3.8) is 0 Å². The first kappa shape index (κ1) is 20.0. The van der Waals surface area contributed by atoms with Crippen molar-refractivity contribution >= 4 is 24.8 Å². The topological polar surface area (TPSA) is 55.8 Å². The number of hydrogen-bond acceptors (Lipinski definition) is 4. The van der Waals surface area contributed by atoms with E-state index in [2.05, 4.69) is 12.1 Å². The molecule has 1 unspecified atom stereocenters. The van der Waals surface area contributed by atoms with Gasteiger partial charge in [0.25, 0.3) is 0 Å². The van der Waals surface area contributed by atoms with Gasteiger partial charge in [-0.3, -0.25) is 4.79 Å². The van der Waals surface area contributed by atoms with Crippen LogP contribution >= 0.6 is 11.8 Å². The van der Waals surface area contributed by atoms with Crippen LogP contribution in [0.4, 0.5) is 0 Å². The van der Waals surface area contributed by atoms with Gasteiger partial charge in [-0.25, -0.2) is 0 Å². The van der Waals surface area contributed by atoms with Crippen LogP contribution < -0.4 is 0 Å². The van der Waals surface area contributed by atoms with Crippen LogP contribution in [0.2, 0.25) is 0 Å². The minimum atomic E-state index is -0.863.